The molecule has 3 aliphatic heterocycles. The van der Waals surface area contributed by atoms with E-state index >= 15 is 0 Å². The van der Waals surface area contributed by atoms with Crippen LogP contribution in [0.3, 0.4) is 0 Å². The summed E-state index contributed by atoms with van der Waals surface area (Å²) in [6.07, 6.45) is 8.48. The lowest BCUT2D eigenvalue weighted by atomic mass is 9.89. The van der Waals surface area contributed by atoms with Crippen LogP contribution >= 0.6 is 0 Å². The highest BCUT2D eigenvalue weighted by molar-refractivity contribution is 5.76. The molecule has 2 saturated heterocycles. The quantitative estimate of drug-likeness (QED) is 0.902. The first-order valence-corrected chi connectivity index (χ1v) is 8.24. The van der Waals surface area contributed by atoms with E-state index in [9.17, 15) is 4.79 Å². The Kier molecular flexibility index (Phi) is 3.42. The molecule has 2 fully saturated rings. The molecule has 0 saturated carbocycles. The summed E-state index contributed by atoms with van der Waals surface area (Å²) in [6, 6.07) is 5.42. The Bertz CT molecular complexity index is 533. The van der Waals surface area contributed by atoms with E-state index in [0.29, 0.717) is 23.9 Å². The second-order valence-corrected chi connectivity index (χ2v) is 6.85. The third-order valence-electron chi connectivity index (χ3n) is 5.35. The number of nitrogens with zero attached hydrogens (tertiary/aromatic N) is 2. The molecule has 2 bridgehead atoms. The zero-order chi connectivity index (χ0) is 14.2. The molecule has 21 heavy (non-hydrogen) atoms. The monoisotopic (exact) mass is 285 g/mol. The minimum atomic E-state index is 0.343. The van der Waals surface area contributed by atoms with E-state index in [1.165, 1.54) is 36.9 Å². The lowest BCUT2D eigenvalue weighted by Crippen LogP contribution is -2.41. The number of piperidine rings is 1. The van der Waals surface area contributed by atoms with E-state index in [0.717, 1.165) is 25.9 Å². The summed E-state index contributed by atoms with van der Waals surface area (Å²) in [5.41, 5.74) is 2.39. The van der Waals surface area contributed by atoms with Gasteiger partial charge in [0, 0.05) is 49.9 Å². The van der Waals surface area contributed by atoms with Crippen LogP contribution in [0.15, 0.2) is 18.3 Å². The average Bonchev–Trinajstić information content (AvgIpc) is 2.85. The summed E-state index contributed by atoms with van der Waals surface area (Å²) in [5, 5.41) is 3.65. The standard InChI is InChI=1S/C17H23N3O/c21-17(10-12-8-14-3-4-15(9-12)19-14)20-7-5-16-13(11-20)2-1-6-18-16/h1-2,6,12,14-15,19H,3-5,7-11H2. The minimum Gasteiger partial charge on any atom is -0.338 e. The van der Waals surface area contributed by atoms with Gasteiger partial charge < -0.3 is 10.2 Å². The van der Waals surface area contributed by atoms with Crippen LogP contribution in [0.2, 0.25) is 0 Å². The molecule has 4 heteroatoms. The molecular formula is C17H23N3O. The molecule has 112 valence electrons. The molecule has 0 aromatic carbocycles. The number of aromatic nitrogens is 1. The Labute approximate surface area is 125 Å². The number of rotatable bonds is 2. The summed E-state index contributed by atoms with van der Waals surface area (Å²) >= 11 is 0. The van der Waals surface area contributed by atoms with Crippen LogP contribution in [0.4, 0.5) is 0 Å². The van der Waals surface area contributed by atoms with Crippen LogP contribution in [-0.4, -0.2) is 34.4 Å². The lowest BCUT2D eigenvalue weighted by Gasteiger charge is -2.32. The van der Waals surface area contributed by atoms with Gasteiger partial charge in [0.25, 0.3) is 0 Å². The zero-order valence-electron chi connectivity index (χ0n) is 12.4. The second-order valence-electron chi connectivity index (χ2n) is 6.85. The Balaban J connectivity index is 1.38. The van der Waals surface area contributed by atoms with Crippen LogP contribution in [0.1, 0.15) is 43.4 Å². The summed E-state index contributed by atoms with van der Waals surface area (Å²) in [6.45, 7) is 1.58. The number of pyridine rings is 1. The second kappa shape index (κ2) is 5.41. The number of nitrogens with one attached hydrogen (secondary N) is 1. The smallest absolute Gasteiger partial charge is 0.223 e. The van der Waals surface area contributed by atoms with Gasteiger partial charge in [-0.3, -0.25) is 9.78 Å². The summed E-state index contributed by atoms with van der Waals surface area (Å²) in [5.74, 6) is 0.933. The Morgan fingerprint density at radius 2 is 2.14 bits per heavy atom. The third kappa shape index (κ3) is 2.69. The van der Waals surface area contributed by atoms with E-state index in [-0.39, 0.29) is 0 Å². The fourth-order valence-corrected chi connectivity index (χ4v) is 4.30. The van der Waals surface area contributed by atoms with Crippen LogP contribution in [0.25, 0.3) is 0 Å². The molecule has 4 nitrogen and oxygen atoms in total. The lowest BCUT2D eigenvalue weighted by molar-refractivity contribution is -0.133. The summed E-state index contributed by atoms with van der Waals surface area (Å²) in [7, 11) is 0. The highest BCUT2D eigenvalue weighted by Gasteiger charge is 2.35. The molecule has 1 amide bonds. The van der Waals surface area contributed by atoms with Crippen molar-refractivity contribution in [3.05, 3.63) is 29.6 Å². The molecule has 1 aromatic heterocycles. The van der Waals surface area contributed by atoms with Crippen LogP contribution in [0, 0.1) is 5.92 Å². The topological polar surface area (TPSA) is 45.2 Å². The molecule has 0 spiro atoms. The molecule has 1 aromatic rings. The fraction of sp³-hybridized carbons (Fsp3) is 0.647. The van der Waals surface area contributed by atoms with Gasteiger partial charge in [0.2, 0.25) is 5.91 Å². The molecule has 0 aliphatic carbocycles. The summed E-state index contributed by atoms with van der Waals surface area (Å²) < 4.78 is 0. The van der Waals surface area contributed by atoms with Crippen molar-refractivity contribution in [1.82, 2.24) is 15.2 Å². The Morgan fingerprint density at radius 1 is 1.33 bits per heavy atom. The predicted octanol–water partition coefficient (Wildman–Crippen LogP) is 1.89. The van der Waals surface area contributed by atoms with Crippen molar-refractivity contribution >= 4 is 5.91 Å². The first kappa shape index (κ1) is 13.3. The van der Waals surface area contributed by atoms with Crippen molar-refractivity contribution in [3.8, 4) is 0 Å². The molecule has 4 rings (SSSR count). The number of amides is 1. The molecule has 2 atom stereocenters. The first-order chi connectivity index (χ1) is 10.3. The number of fused-ring (bicyclic) bond motifs is 3. The van der Waals surface area contributed by atoms with Crippen LogP contribution < -0.4 is 5.32 Å². The molecule has 1 N–H and O–H groups in total. The Hall–Kier alpha value is -1.42. The number of carbonyl (C=O) groups is 1. The van der Waals surface area contributed by atoms with E-state index < -0.39 is 0 Å². The number of carbonyl (C=O) groups excluding carboxylic acids is 1. The van der Waals surface area contributed by atoms with Crippen molar-refractivity contribution in [2.24, 2.45) is 5.92 Å². The Morgan fingerprint density at radius 3 is 2.95 bits per heavy atom. The van der Waals surface area contributed by atoms with Crippen LogP contribution in [0.5, 0.6) is 0 Å². The highest BCUT2D eigenvalue weighted by Crippen LogP contribution is 2.33. The SMILES string of the molecule is O=C(CC1CC2CCC(C1)N2)N1CCc2ncccc2C1. The van der Waals surface area contributed by atoms with Gasteiger partial charge in [0.15, 0.2) is 0 Å². The maximum Gasteiger partial charge on any atom is 0.223 e. The normalized spacial score (nSPS) is 31.0. The van der Waals surface area contributed by atoms with Crippen molar-refractivity contribution in [2.45, 2.75) is 57.2 Å². The van der Waals surface area contributed by atoms with E-state index in [1.807, 2.05) is 17.2 Å². The van der Waals surface area contributed by atoms with Gasteiger partial charge in [-0.05, 0) is 43.2 Å². The van der Waals surface area contributed by atoms with Gasteiger partial charge in [-0.15, -0.1) is 0 Å². The maximum atomic E-state index is 12.6. The van der Waals surface area contributed by atoms with Gasteiger partial charge in [-0.25, -0.2) is 0 Å². The van der Waals surface area contributed by atoms with Gasteiger partial charge >= 0.3 is 0 Å². The van der Waals surface area contributed by atoms with Crippen molar-refractivity contribution < 1.29 is 4.79 Å². The first-order valence-electron chi connectivity index (χ1n) is 8.24. The van der Waals surface area contributed by atoms with Gasteiger partial charge in [0.1, 0.15) is 0 Å². The third-order valence-corrected chi connectivity index (χ3v) is 5.35. The van der Waals surface area contributed by atoms with Crippen molar-refractivity contribution in [3.63, 3.8) is 0 Å². The molecule has 2 unspecified atom stereocenters. The maximum absolute atomic E-state index is 12.6. The number of hydrogen-bond acceptors (Lipinski definition) is 3. The van der Waals surface area contributed by atoms with Crippen molar-refractivity contribution in [1.29, 1.82) is 0 Å². The van der Waals surface area contributed by atoms with Gasteiger partial charge in [-0.1, -0.05) is 6.07 Å². The zero-order valence-corrected chi connectivity index (χ0v) is 12.4. The average molecular weight is 285 g/mol. The number of hydrogen-bond donors (Lipinski definition) is 1. The van der Waals surface area contributed by atoms with Crippen LogP contribution in [-0.2, 0) is 17.8 Å². The van der Waals surface area contributed by atoms with E-state index in [4.69, 9.17) is 0 Å². The molecule has 4 heterocycles. The van der Waals surface area contributed by atoms with Gasteiger partial charge in [-0.2, -0.15) is 0 Å². The van der Waals surface area contributed by atoms with E-state index in [2.05, 4.69) is 16.4 Å². The molecule has 0 radical (unpaired) electrons. The highest BCUT2D eigenvalue weighted by atomic mass is 16.2. The van der Waals surface area contributed by atoms with E-state index in [1.54, 1.807) is 0 Å². The minimum absolute atomic E-state index is 0.343. The largest absolute Gasteiger partial charge is 0.338 e. The fourth-order valence-electron chi connectivity index (χ4n) is 4.30. The molecule has 3 aliphatic rings. The van der Waals surface area contributed by atoms with Crippen molar-refractivity contribution in [2.75, 3.05) is 6.54 Å². The predicted molar refractivity (Wildman–Crippen MR) is 80.6 cm³/mol. The summed E-state index contributed by atoms with van der Waals surface area (Å²) in [4.78, 5) is 19.0. The van der Waals surface area contributed by atoms with Gasteiger partial charge in [0.05, 0.1) is 0 Å². The molecular weight excluding hydrogens is 262 g/mol.